The molecule has 0 saturated carbocycles. The molecule has 2 heterocycles. The van der Waals surface area contributed by atoms with Crippen LogP contribution < -0.4 is 5.32 Å². The lowest BCUT2D eigenvalue weighted by Gasteiger charge is -2.40. The summed E-state index contributed by atoms with van der Waals surface area (Å²) >= 11 is 0. The van der Waals surface area contributed by atoms with Crippen LogP contribution in [0.25, 0.3) is 0 Å². The zero-order chi connectivity index (χ0) is 24.8. The maximum atomic E-state index is 13.9. The number of amides is 2. The number of alkyl halides is 3. The van der Waals surface area contributed by atoms with E-state index in [1.165, 1.54) is 23.3 Å². The largest absolute Gasteiger partial charge is 0.465 e. The number of anilines is 1. The first-order chi connectivity index (χ1) is 15.9. The van der Waals surface area contributed by atoms with E-state index in [2.05, 4.69) is 36.3 Å². The Hall–Kier alpha value is -3.30. The van der Waals surface area contributed by atoms with Gasteiger partial charge >= 0.3 is 12.3 Å². The number of nitrogens with zero attached hydrogens (tertiary/aromatic N) is 3. The molecule has 2 aliphatic rings. The number of aromatic nitrogens is 1. The van der Waals surface area contributed by atoms with Gasteiger partial charge in [0.05, 0.1) is 5.92 Å². The van der Waals surface area contributed by atoms with Crippen LogP contribution >= 0.6 is 0 Å². The van der Waals surface area contributed by atoms with Crippen molar-refractivity contribution >= 4 is 17.8 Å². The number of hydrogen-bond acceptors (Lipinski definition) is 4. The minimum atomic E-state index is -4.72. The van der Waals surface area contributed by atoms with E-state index in [0.717, 1.165) is 24.6 Å². The van der Waals surface area contributed by atoms with Gasteiger partial charge in [-0.3, -0.25) is 4.79 Å². The van der Waals surface area contributed by atoms with Gasteiger partial charge in [-0.2, -0.15) is 13.2 Å². The topological polar surface area (TPSA) is 85.8 Å². The molecule has 2 N–H and O–H groups in total. The number of pyridine rings is 1. The molecule has 0 radical (unpaired) electrons. The SMILES string of the molecule is CN(C(=O)C1CN(C(=O)O)C1)C(c1ccc(NC2Cc3ccccc3C2(C)C)nc1)C(F)(F)F. The summed E-state index contributed by atoms with van der Waals surface area (Å²) in [5, 5.41) is 12.3. The van der Waals surface area contributed by atoms with Gasteiger partial charge in [-0.1, -0.05) is 44.2 Å². The molecule has 0 spiro atoms. The number of carboxylic acid groups (broad SMARTS) is 1. The van der Waals surface area contributed by atoms with Gasteiger partial charge in [-0.25, -0.2) is 9.78 Å². The molecule has 1 saturated heterocycles. The Morgan fingerprint density at radius 1 is 1.21 bits per heavy atom. The first-order valence-electron chi connectivity index (χ1n) is 11.0. The van der Waals surface area contributed by atoms with Gasteiger partial charge in [-0.05, 0) is 23.6 Å². The van der Waals surface area contributed by atoms with E-state index in [1.807, 2.05) is 12.1 Å². The molecule has 1 aromatic carbocycles. The number of carbonyl (C=O) groups is 2. The molecule has 0 bridgehead atoms. The van der Waals surface area contributed by atoms with E-state index >= 15 is 0 Å². The number of halogens is 3. The van der Waals surface area contributed by atoms with Gasteiger partial charge < -0.3 is 20.2 Å². The fourth-order valence-electron chi connectivity index (χ4n) is 4.89. The van der Waals surface area contributed by atoms with Crippen molar-refractivity contribution in [2.24, 2.45) is 5.92 Å². The van der Waals surface area contributed by atoms with Crippen LogP contribution in [-0.4, -0.2) is 64.2 Å². The molecule has 7 nitrogen and oxygen atoms in total. The number of likely N-dealkylation sites (tertiary alicyclic amines) is 1. The van der Waals surface area contributed by atoms with Gasteiger partial charge in [0, 0.05) is 43.4 Å². The molecule has 4 rings (SSSR count). The van der Waals surface area contributed by atoms with Crippen LogP contribution in [0.15, 0.2) is 42.6 Å². The highest BCUT2D eigenvalue weighted by Crippen LogP contribution is 2.41. The fraction of sp³-hybridized carbons (Fsp3) is 0.458. The van der Waals surface area contributed by atoms with Gasteiger partial charge in [0.15, 0.2) is 6.04 Å². The number of nitrogens with one attached hydrogen (secondary N) is 1. The van der Waals surface area contributed by atoms with E-state index in [9.17, 15) is 22.8 Å². The summed E-state index contributed by atoms with van der Waals surface area (Å²) < 4.78 is 41.8. The average Bonchev–Trinajstić information content (AvgIpc) is 2.97. The number of hydrogen-bond donors (Lipinski definition) is 2. The highest BCUT2D eigenvalue weighted by molar-refractivity contribution is 5.82. The van der Waals surface area contributed by atoms with Crippen LogP contribution in [0.5, 0.6) is 0 Å². The quantitative estimate of drug-likeness (QED) is 0.680. The Morgan fingerprint density at radius 2 is 1.88 bits per heavy atom. The van der Waals surface area contributed by atoms with Crippen LogP contribution in [-0.2, 0) is 16.6 Å². The first kappa shape index (κ1) is 23.8. The van der Waals surface area contributed by atoms with Gasteiger partial charge in [0.25, 0.3) is 0 Å². The maximum absolute atomic E-state index is 13.9. The summed E-state index contributed by atoms with van der Waals surface area (Å²) in [6, 6.07) is 8.84. The number of benzene rings is 1. The van der Waals surface area contributed by atoms with E-state index in [-0.39, 0.29) is 30.1 Å². The summed E-state index contributed by atoms with van der Waals surface area (Å²) in [4.78, 5) is 29.4. The van der Waals surface area contributed by atoms with E-state index in [1.54, 1.807) is 0 Å². The Labute approximate surface area is 195 Å². The summed E-state index contributed by atoms with van der Waals surface area (Å²) in [5.74, 6) is -1.07. The van der Waals surface area contributed by atoms with Crippen molar-refractivity contribution in [2.75, 3.05) is 25.5 Å². The molecule has 2 aromatic rings. The summed E-state index contributed by atoms with van der Waals surface area (Å²) in [6.45, 7) is 4.03. The molecule has 1 aromatic heterocycles. The molecular weight excluding hydrogens is 449 g/mol. The normalized spacial score (nSPS) is 20.3. The lowest BCUT2D eigenvalue weighted by molar-refractivity contribution is -0.192. The lowest BCUT2D eigenvalue weighted by Crippen LogP contribution is -2.56. The van der Waals surface area contributed by atoms with Crippen molar-refractivity contribution in [1.29, 1.82) is 0 Å². The van der Waals surface area contributed by atoms with Crippen molar-refractivity contribution in [3.63, 3.8) is 0 Å². The van der Waals surface area contributed by atoms with Gasteiger partial charge in [0.2, 0.25) is 5.91 Å². The summed E-state index contributed by atoms with van der Waals surface area (Å²) in [5.41, 5.74) is 2.14. The Balaban J connectivity index is 1.48. The number of rotatable bonds is 5. The molecule has 2 unspecified atom stereocenters. The summed E-state index contributed by atoms with van der Waals surface area (Å²) in [7, 11) is 1.09. The van der Waals surface area contributed by atoms with Crippen LogP contribution in [0.2, 0.25) is 0 Å². The van der Waals surface area contributed by atoms with E-state index < -0.39 is 30.1 Å². The zero-order valence-electron chi connectivity index (χ0n) is 19.1. The third-order valence-electron chi connectivity index (χ3n) is 6.98. The van der Waals surface area contributed by atoms with Crippen LogP contribution in [0.3, 0.4) is 0 Å². The van der Waals surface area contributed by atoms with Gasteiger partial charge in [-0.15, -0.1) is 0 Å². The van der Waals surface area contributed by atoms with Gasteiger partial charge in [0.1, 0.15) is 5.82 Å². The van der Waals surface area contributed by atoms with Crippen molar-refractivity contribution in [3.05, 3.63) is 59.3 Å². The van der Waals surface area contributed by atoms with Crippen LogP contribution in [0.4, 0.5) is 23.8 Å². The van der Waals surface area contributed by atoms with Crippen molar-refractivity contribution in [2.45, 2.75) is 43.9 Å². The number of fused-ring (bicyclic) bond motifs is 1. The third-order valence-corrected chi connectivity index (χ3v) is 6.98. The first-order valence-corrected chi connectivity index (χ1v) is 11.0. The molecule has 1 aliphatic carbocycles. The molecule has 2 amide bonds. The molecule has 34 heavy (non-hydrogen) atoms. The monoisotopic (exact) mass is 476 g/mol. The Kier molecular flexibility index (Phi) is 5.95. The fourth-order valence-corrected chi connectivity index (χ4v) is 4.89. The van der Waals surface area contributed by atoms with Crippen molar-refractivity contribution in [1.82, 2.24) is 14.8 Å². The maximum Gasteiger partial charge on any atom is 0.413 e. The second-order valence-corrected chi connectivity index (χ2v) is 9.53. The van der Waals surface area contributed by atoms with Crippen molar-refractivity contribution < 1.29 is 27.9 Å². The number of carbonyl (C=O) groups excluding carboxylic acids is 1. The molecular formula is C24H27F3N4O3. The highest BCUT2D eigenvalue weighted by atomic mass is 19.4. The van der Waals surface area contributed by atoms with E-state index in [4.69, 9.17) is 5.11 Å². The lowest BCUT2D eigenvalue weighted by atomic mass is 9.83. The molecule has 1 fully saturated rings. The summed E-state index contributed by atoms with van der Waals surface area (Å²) in [6.07, 6.45) is -3.99. The van der Waals surface area contributed by atoms with Crippen LogP contribution in [0, 0.1) is 5.92 Å². The average molecular weight is 476 g/mol. The van der Waals surface area contributed by atoms with Crippen molar-refractivity contribution in [3.8, 4) is 0 Å². The molecule has 10 heteroatoms. The second-order valence-electron chi connectivity index (χ2n) is 9.53. The predicted molar refractivity (Wildman–Crippen MR) is 119 cm³/mol. The molecule has 2 atom stereocenters. The molecule has 1 aliphatic heterocycles. The molecule has 182 valence electrons. The smallest absolute Gasteiger partial charge is 0.413 e. The minimum absolute atomic E-state index is 0.0294. The highest BCUT2D eigenvalue weighted by Gasteiger charge is 2.48. The standard InChI is InChI=1S/C24H27F3N4O3/c1-23(2)17-7-5-4-6-14(17)10-18(23)29-19-9-8-15(11-28-19)20(24(25,26)27)30(3)21(32)16-12-31(13-16)22(33)34/h4-9,11,16,18,20H,10,12-13H2,1-3H3,(H,28,29)(H,33,34). The van der Waals surface area contributed by atoms with Crippen LogP contribution in [0.1, 0.15) is 36.6 Å². The Morgan fingerprint density at radius 3 is 2.44 bits per heavy atom. The van der Waals surface area contributed by atoms with E-state index in [0.29, 0.717) is 10.7 Å². The Bertz CT molecular complexity index is 1080. The minimum Gasteiger partial charge on any atom is -0.465 e. The third kappa shape index (κ3) is 4.28. The zero-order valence-corrected chi connectivity index (χ0v) is 19.1. The predicted octanol–water partition coefficient (Wildman–Crippen LogP) is 4.07. The second kappa shape index (κ2) is 8.48.